The largest absolute Gasteiger partial charge is 0.423 e. The first-order chi connectivity index (χ1) is 8.25. The van der Waals surface area contributed by atoms with Crippen molar-refractivity contribution in [1.29, 1.82) is 0 Å². The van der Waals surface area contributed by atoms with E-state index in [4.69, 9.17) is 4.42 Å². The van der Waals surface area contributed by atoms with Crippen molar-refractivity contribution in [1.82, 2.24) is 4.98 Å². The Balaban J connectivity index is 1.97. The average molecular weight is 248 g/mol. The second-order valence-electron chi connectivity index (χ2n) is 4.47. The summed E-state index contributed by atoms with van der Waals surface area (Å²) in [6.07, 6.45) is 0. The van der Waals surface area contributed by atoms with E-state index in [2.05, 4.69) is 23.7 Å². The molecule has 0 N–H and O–H groups in total. The normalized spacial score (nSPS) is 25.4. The Labute approximate surface area is 105 Å². The topological polar surface area (TPSA) is 29.3 Å². The van der Waals surface area contributed by atoms with Crippen LogP contribution in [0.15, 0.2) is 28.7 Å². The summed E-state index contributed by atoms with van der Waals surface area (Å²) in [7, 11) is 0. The van der Waals surface area contributed by atoms with Crippen molar-refractivity contribution in [3.8, 4) is 0 Å². The quantitative estimate of drug-likeness (QED) is 0.775. The van der Waals surface area contributed by atoms with E-state index in [-0.39, 0.29) is 0 Å². The molecule has 0 aliphatic carbocycles. The second kappa shape index (κ2) is 4.26. The molecule has 4 heteroatoms. The number of fused-ring (bicyclic) bond motifs is 1. The van der Waals surface area contributed by atoms with E-state index in [1.807, 2.05) is 36.0 Å². The van der Waals surface area contributed by atoms with Crippen molar-refractivity contribution in [3.05, 3.63) is 24.3 Å². The van der Waals surface area contributed by atoms with Gasteiger partial charge in [-0.1, -0.05) is 19.1 Å². The summed E-state index contributed by atoms with van der Waals surface area (Å²) in [5.74, 6) is 1.14. The van der Waals surface area contributed by atoms with Crippen LogP contribution < -0.4 is 4.90 Å². The van der Waals surface area contributed by atoms with Crippen LogP contribution in [-0.2, 0) is 0 Å². The molecule has 2 unspecified atom stereocenters. The van der Waals surface area contributed by atoms with Crippen LogP contribution in [-0.4, -0.2) is 28.6 Å². The number of hydrogen-bond donors (Lipinski definition) is 0. The van der Waals surface area contributed by atoms with Crippen molar-refractivity contribution in [2.24, 2.45) is 0 Å². The van der Waals surface area contributed by atoms with E-state index in [9.17, 15) is 0 Å². The van der Waals surface area contributed by atoms with Gasteiger partial charge < -0.3 is 9.32 Å². The molecule has 90 valence electrons. The maximum Gasteiger partial charge on any atom is 0.298 e. The SMILES string of the molecule is CC1SCCN(c2nc3ccccc3o2)C1C. The zero-order chi connectivity index (χ0) is 11.8. The number of oxazole rings is 1. The van der Waals surface area contributed by atoms with Gasteiger partial charge in [0, 0.05) is 23.6 Å². The fraction of sp³-hybridized carbons (Fsp3) is 0.462. The van der Waals surface area contributed by atoms with Crippen molar-refractivity contribution < 1.29 is 4.42 Å². The Hall–Kier alpha value is -1.16. The van der Waals surface area contributed by atoms with Crippen LogP contribution >= 0.6 is 11.8 Å². The molecule has 0 saturated carbocycles. The fourth-order valence-corrected chi connectivity index (χ4v) is 3.29. The highest BCUT2D eigenvalue weighted by Crippen LogP contribution is 2.30. The highest BCUT2D eigenvalue weighted by atomic mass is 32.2. The predicted octanol–water partition coefficient (Wildman–Crippen LogP) is 3.16. The summed E-state index contributed by atoms with van der Waals surface area (Å²) in [4.78, 5) is 6.85. The number of aromatic nitrogens is 1. The smallest absolute Gasteiger partial charge is 0.298 e. The summed E-state index contributed by atoms with van der Waals surface area (Å²) in [5, 5.41) is 0.624. The maximum absolute atomic E-state index is 5.83. The molecule has 1 fully saturated rings. The molecular formula is C13H16N2OS. The van der Waals surface area contributed by atoms with Gasteiger partial charge in [-0.2, -0.15) is 16.7 Å². The molecule has 0 amide bonds. The maximum atomic E-state index is 5.83. The minimum atomic E-state index is 0.474. The lowest BCUT2D eigenvalue weighted by molar-refractivity contribution is 0.522. The van der Waals surface area contributed by atoms with E-state index < -0.39 is 0 Å². The molecule has 2 aromatic rings. The van der Waals surface area contributed by atoms with Gasteiger partial charge in [0.1, 0.15) is 5.52 Å². The highest BCUT2D eigenvalue weighted by Gasteiger charge is 2.28. The third-order valence-electron chi connectivity index (χ3n) is 3.41. The Morgan fingerprint density at radius 2 is 2.18 bits per heavy atom. The zero-order valence-electron chi connectivity index (χ0n) is 10.1. The van der Waals surface area contributed by atoms with Crippen LogP contribution in [0, 0.1) is 0 Å². The van der Waals surface area contributed by atoms with Gasteiger partial charge in [0.15, 0.2) is 5.58 Å². The van der Waals surface area contributed by atoms with Crippen LogP contribution in [0.4, 0.5) is 6.01 Å². The van der Waals surface area contributed by atoms with E-state index in [1.54, 1.807) is 0 Å². The van der Waals surface area contributed by atoms with Gasteiger partial charge in [-0.15, -0.1) is 0 Å². The van der Waals surface area contributed by atoms with Crippen molar-refractivity contribution in [2.75, 3.05) is 17.2 Å². The van der Waals surface area contributed by atoms with Crippen molar-refractivity contribution >= 4 is 28.9 Å². The van der Waals surface area contributed by atoms with Gasteiger partial charge in [-0.3, -0.25) is 0 Å². The van der Waals surface area contributed by atoms with Crippen LogP contribution in [0.25, 0.3) is 11.1 Å². The van der Waals surface area contributed by atoms with Gasteiger partial charge in [0.25, 0.3) is 6.01 Å². The molecule has 3 nitrogen and oxygen atoms in total. The number of thioether (sulfide) groups is 1. The van der Waals surface area contributed by atoms with Gasteiger partial charge in [-0.25, -0.2) is 0 Å². The summed E-state index contributed by atoms with van der Waals surface area (Å²) >= 11 is 2.02. The Morgan fingerprint density at radius 3 is 3.00 bits per heavy atom. The van der Waals surface area contributed by atoms with Gasteiger partial charge in [-0.05, 0) is 19.1 Å². The average Bonchev–Trinajstić information content (AvgIpc) is 2.76. The molecule has 2 heterocycles. The molecule has 1 saturated heterocycles. The third kappa shape index (κ3) is 1.90. The van der Waals surface area contributed by atoms with Crippen molar-refractivity contribution in [2.45, 2.75) is 25.1 Å². The zero-order valence-corrected chi connectivity index (χ0v) is 10.9. The first-order valence-corrected chi connectivity index (χ1v) is 7.04. The van der Waals surface area contributed by atoms with Crippen LogP contribution in [0.3, 0.4) is 0 Å². The first kappa shape index (κ1) is 11.0. The molecule has 3 rings (SSSR count). The monoisotopic (exact) mass is 248 g/mol. The standard InChI is InChI=1S/C13H16N2OS/c1-9-10(2)17-8-7-15(9)13-14-11-5-3-4-6-12(11)16-13/h3-6,9-10H,7-8H2,1-2H3. The Kier molecular flexibility index (Phi) is 2.74. The number of nitrogens with zero attached hydrogens (tertiary/aromatic N) is 2. The van der Waals surface area contributed by atoms with Gasteiger partial charge in [0.2, 0.25) is 0 Å². The molecule has 0 spiro atoms. The Bertz CT molecular complexity index is 492. The molecule has 0 bridgehead atoms. The minimum absolute atomic E-state index is 0.474. The Morgan fingerprint density at radius 1 is 1.35 bits per heavy atom. The van der Waals surface area contributed by atoms with Crippen LogP contribution in [0.5, 0.6) is 0 Å². The van der Waals surface area contributed by atoms with E-state index in [0.717, 1.165) is 29.4 Å². The van der Waals surface area contributed by atoms with E-state index in [1.165, 1.54) is 0 Å². The van der Waals surface area contributed by atoms with E-state index in [0.29, 0.717) is 11.3 Å². The van der Waals surface area contributed by atoms with Crippen LogP contribution in [0.2, 0.25) is 0 Å². The number of rotatable bonds is 1. The second-order valence-corrected chi connectivity index (χ2v) is 5.96. The van der Waals surface area contributed by atoms with Gasteiger partial charge in [0.05, 0.1) is 0 Å². The third-order valence-corrected chi connectivity index (χ3v) is 4.75. The highest BCUT2D eigenvalue weighted by molar-refractivity contribution is 8.00. The lowest BCUT2D eigenvalue weighted by Crippen LogP contribution is -2.44. The molecule has 1 aliphatic rings. The number of benzene rings is 1. The molecule has 1 aromatic heterocycles. The summed E-state index contributed by atoms with van der Waals surface area (Å²) in [6.45, 7) is 5.53. The summed E-state index contributed by atoms with van der Waals surface area (Å²) < 4.78 is 5.83. The lowest BCUT2D eigenvalue weighted by Gasteiger charge is -2.36. The first-order valence-electron chi connectivity index (χ1n) is 5.99. The molecule has 2 atom stereocenters. The van der Waals surface area contributed by atoms with E-state index >= 15 is 0 Å². The summed E-state index contributed by atoms with van der Waals surface area (Å²) in [5.41, 5.74) is 1.82. The predicted molar refractivity (Wildman–Crippen MR) is 72.7 cm³/mol. The molecule has 0 radical (unpaired) electrons. The molecular weight excluding hydrogens is 232 g/mol. The van der Waals surface area contributed by atoms with Gasteiger partial charge >= 0.3 is 0 Å². The number of hydrogen-bond acceptors (Lipinski definition) is 4. The molecule has 1 aromatic carbocycles. The van der Waals surface area contributed by atoms with Crippen molar-refractivity contribution in [3.63, 3.8) is 0 Å². The molecule has 17 heavy (non-hydrogen) atoms. The fourth-order valence-electron chi connectivity index (χ4n) is 2.19. The summed E-state index contributed by atoms with van der Waals surface area (Å²) in [6, 6.07) is 9.18. The number of anilines is 1. The lowest BCUT2D eigenvalue weighted by atomic mass is 10.2. The minimum Gasteiger partial charge on any atom is -0.423 e. The molecule has 1 aliphatic heterocycles. The number of para-hydroxylation sites is 2. The van der Waals surface area contributed by atoms with Crippen LogP contribution in [0.1, 0.15) is 13.8 Å².